The summed E-state index contributed by atoms with van der Waals surface area (Å²) in [5, 5.41) is 8.83. The topological polar surface area (TPSA) is 75.1 Å². The van der Waals surface area contributed by atoms with E-state index in [2.05, 4.69) is 4.98 Å². The van der Waals surface area contributed by atoms with Crippen LogP contribution < -0.4 is 11.0 Å². The van der Waals surface area contributed by atoms with Crippen LogP contribution in [0.1, 0.15) is 33.4 Å². The van der Waals surface area contributed by atoms with Crippen LogP contribution in [0, 0.1) is 11.3 Å². The van der Waals surface area contributed by atoms with Crippen molar-refractivity contribution in [1.29, 1.82) is 5.26 Å². The first-order valence-corrected chi connectivity index (χ1v) is 5.75. The van der Waals surface area contributed by atoms with Crippen LogP contribution in [-0.2, 0) is 9.31 Å². The molecule has 0 bridgehead atoms. The molecule has 2 rings (SSSR count). The molecule has 0 unspecified atom stereocenters. The summed E-state index contributed by atoms with van der Waals surface area (Å²) in [6.45, 7) is 7.72. The quantitative estimate of drug-likeness (QED) is 0.734. The number of aromatic nitrogens is 1. The highest BCUT2D eigenvalue weighted by atomic mass is 16.7. The van der Waals surface area contributed by atoms with Crippen molar-refractivity contribution in [1.82, 2.24) is 4.98 Å². The van der Waals surface area contributed by atoms with Gasteiger partial charge in [-0.15, -0.1) is 0 Å². The van der Waals surface area contributed by atoms with Gasteiger partial charge in [0.25, 0.3) is 0 Å². The fraction of sp³-hybridized carbons (Fsp3) is 0.500. The van der Waals surface area contributed by atoms with Crippen LogP contribution in [0.4, 0.5) is 0 Å². The molecule has 0 atom stereocenters. The zero-order valence-electron chi connectivity index (χ0n) is 10.9. The van der Waals surface area contributed by atoms with Gasteiger partial charge in [0, 0.05) is 12.1 Å². The van der Waals surface area contributed by atoms with Crippen LogP contribution in [0.2, 0.25) is 0 Å². The van der Waals surface area contributed by atoms with Gasteiger partial charge >= 0.3 is 7.12 Å². The van der Waals surface area contributed by atoms with Crippen molar-refractivity contribution >= 4 is 12.7 Å². The summed E-state index contributed by atoms with van der Waals surface area (Å²) < 4.78 is 11.6. The first kappa shape index (κ1) is 12.9. The Morgan fingerprint density at radius 3 is 2.28 bits per heavy atom. The number of H-pyrrole nitrogens is 1. The summed E-state index contributed by atoms with van der Waals surface area (Å²) in [5.74, 6) is 0. The standard InChI is InChI=1S/C12H15BN2O3/c1-11(2)12(3,4)18-13(17-11)10-6-9(16)5-8(7-14)15-10/h5-6H,1-4H3,(H,15,16). The molecule has 1 aliphatic rings. The van der Waals surface area contributed by atoms with Gasteiger partial charge in [-0.05, 0) is 27.7 Å². The van der Waals surface area contributed by atoms with Crippen LogP contribution in [0.5, 0.6) is 0 Å². The van der Waals surface area contributed by atoms with Gasteiger partial charge in [-0.2, -0.15) is 5.26 Å². The van der Waals surface area contributed by atoms with Gasteiger partial charge in [0.2, 0.25) is 0 Å². The number of nitriles is 1. The molecule has 2 heterocycles. The third-order valence-corrected chi connectivity index (χ3v) is 3.49. The number of hydrogen-bond acceptors (Lipinski definition) is 4. The Hall–Kier alpha value is -1.58. The first-order valence-electron chi connectivity index (χ1n) is 5.75. The Bertz CT molecular complexity index is 555. The summed E-state index contributed by atoms with van der Waals surface area (Å²) in [5.41, 5.74) is -0.520. The van der Waals surface area contributed by atoms with E-state index in [1.54, 1.807) is 0 Å². The van der Waals surface area contributed by atoms with E-state index in [0.717, 1.165) is 0 Å². The molecule has 0 aromatic carbocycles. The number of nitrogens with one attached hydrogen (secondary N) is 1. The Morgan fingerprint density at radius 2 is 1.78 bits per heavy atom. The Kier molecular flexibility index (Phi) is 2.84. The van der Waals surface area contributed by atoms with Gasteiger partial charge in [-0.3, -0.25) is 4.79 Å². The lowest BCUT2D eigenvalue weighted by atomic mass is 9.84. The number of nitrogens with zero attached hydrogens (tertiary/aromatic N) is 1. The average Bonchev–Trinajstić information content (AvgIpc) is 2.47. The second-order valence-corrected chi connectivity index (χ2v) is 5.39. The van der Waals surface area contributed by atoms with E-state index < -0.39 is 18.3 Å². The van der Waals surface area contributed by atoms with Crippen molar-refractivity contribution < 1.29 is 9.31 Å². The lowest BCUT2D eigenvalue weighted by Gasteiger charge is -2.32. The van der Waals surface area contributed by atoms with Crippen LogP contribution in [0.25, 0.3) is 0 Å². The van der Waals surface area contributed by atoms with Crippen LogP contribution in [0.15, 0.2) is 16.9 Å². The Balaban J connectivity index is 2.39. The van der Waals surface area contributed by atoms with Gasteiger partial charge in [-0.25, -0.2) is 0 Å². The summed E-state index contributed by atoms with van der Waals surface area (Å²) in [6, 6.07) is 4.54. The SMILES string of the molecule is CC1(C)OB(c2cc(=O)cc(C#N)[nH]2)OC1(C)C. The molecule has 1 saturated heterocycles. The van der Waals surface area contributed by atoms with Gasteiger partial charge < -0.3 is 14.3 Å². The third-order valence-electron chi connectivity index (χ3n) is 3.49. The smallest absolute Gasteiger partial charge is 0.398 e. The van der Waals surface area contributed by atoms with Crippen molar-refractivity contribution in [2.75, 3.05) is 0 Å². The van der Waals surface area contributed by atoms with Gasteiger partial charge in [0.15, 0.2) is 5.43 Å². The molecular weight excluding hydrogens is 231 g/mol. The largest absolute Gasteiger partial charge is 0.512 e. The van der Waals surface area contributed by atoms with Crippen LogP contribution in [0.3, 0.4) is 0 Å². The van der Waals surface area contributed by atoms with Crippen molar-refractivity contribution in [3.05, 3.63) is 28.0 Å². The van der Waals surface area contributed by atoms with E-state index in [9.17, 15) is 4.79 Å². The highest BCUT2D eigenvalue weighted by molar-refractivity contribution is 6.61. The van der Waals surface area contributed by atoms with Gasteiger partial charge in [0.1, 0.15) is 11.8 Å². The minimum Gasteiger partial charge on any atom is -0.398 e. The Morgan fingerprint density at radius 1 is 1.22 bits per heavy atom. The minimum absolute atomic E-state index is 0.201. The molecule has 5 nitrogen and oxygen atoms in total. The molecule has 1 aliphatic heterocycles. The molecule has 1 N–H and O–H groups in total. The van der Waals surface area contributed by atoms with E-state index in [4.69, 9.17) is 14.6 Å². The van der Waals surface area contributed by atoms with Gasteiger partial charge in [-0.1, -0.05) is 0 Å². The van der Waals surface area contributed by atoms with E-state index >= 15 is 0 Å². The van der Waals surface area contributed by atoms with Crippen molar-refractivity contribution in [2.45, 2.75) is 38.9 Å². The lowest BCUT2D eigenvalue weighted by Crippen LogP contribution is -2.41. The highest BCUT2D eigenvalue weighted by Crippen LogP contribution is 2.36. The summed E-state index contributed by atoms with van der Waals surface area (Å²) >= 11 is 0. The summed E-state index contributed by atoms with van der Waals surface area (Å²) in [6.07, 6.45) is 0. The van der Waals surface area contributed by atoms with Crippen LogP contribution >= 0.6 is 0 Å². The molecule has 6 heteroatoms. The zero-order valence-corrected chi connectivity index (χ0v) is 10.9. The predicted molar refractivity (Wildman–Crippen MR) is 67.5 cm³/mol. The lowest BCUT2D eigenvalue weighted by molar-refractivity contribution is 0.00578. The third kappa shape index (κ3) is 2.07. The van der Waals surface area contributed by atoms with Crippen molar-refractivity contribution in [2.24, 2.45) is 0 Å². The zero-order chi connectivity index (χ0) is 13.6. The predicted octanol–water partition coefficient (Wildman–Crippen LogP) is 0.546. The number of hydrogen-bond donors (Lipinski definition) is 1. The molecule has 0 aliphatic carbocycles. The van der Waals surface area contributed by atoms with Crippen LogP contribution in [-0.4, -0.2) is 23.3 Å². The summed E-state index contributed by atoms with van der Waals surface area (Å²) in [7, 11) is -0.656. The average molecular weight is 246 g/mol. The molecule has 94 valence electrons. The molecule has 1 aromatic rings. The van der Waals surface area contributed by atoms with Crippen molar-refractivity contribution in [3.63, 3.8) is 0 Å². The fourth-order valence-corrected chi connectivity index (χ4v) is 1.72. The second kappa shape index (κ2) is 3.97. The van der Waals surface area contributed by atoms with E-state index in [-0.39, 0.29) is 11.1 Å². The molecule has 0 radical (unpaired) electrons. The van der Waals surface area contributed by atoms with Gasteiger partial charge in [0.05, 0.1) is 16.8 Å². The molecule has 0 spiro atoms. The second-order valence-electron chi connectivity index (χ2n) is 5.39. The molecule has 0 amide bonds. The number of rotatable bonds is 1. The fourth-order valence-electron chi connectivity index (χ4n) is 1.72. The molecular formula is C12H15BN2O3. The highest BCUT2D eigenvalue weighted by Gasteiger charge is 2.52. The van der Waals surface area contributed by atoms with E-state index in [1.807, 2.05) is 33.8 Å². The number of aromatic amines is 1. The summed E-state index contributed by atoms with van der Waals surface area (Å²) in [4.78, 5) is 14.3. The minimum atomic E-state index is -0.656. The molecule has 0 saturated carbocycles. The van der Waals surface area contributed by atoms with Crippen molar-refractivity contribution in [3.8, 4) is 6.07 Å². The molecule has 1 fully saturated rings. The maximum absolute atomic E-state index is 11.5. The van der Waals surface area contributed by atoms with E-state index in [0.29, 0.717) is 5.59 Å². The number of pyridine rings is 1. The van der Waals surface area contributed by atoms with E-state index in [1.165, 1.54) is 12.1 Å². The first-order chi connectivity index (χ1) is 8.25. The maximum atomic E-state index is 11.5. The monoisotopic (exact) mass is 246 g/mol. The molecule has 1 aromatic heterocycles. The molecule has 18 heavy (non-hydrogen) atoms. The Labute approximate surface area is 106 Å². The maximum Gasteiger partial charge on any atom is 0.512 e. The normalized spacial score (nSPS) is 20.7.